The van der Waals surface area contributed by atoms with E-state index >= 15 is 0 Å². The summed E-state index contributed by atoms with van der Waals surface area (Å²) in [7, 11) is 0. The van der Waals surface area contributed by atoms with Gasteiger partial charge in [-0.25, -0.2) is 0 Å². The number of hydrogen-bond acceptors (Lipinski definition) is 3. The molecular formula is C14H19NO3S. The summed E-state index contributed by atoms with van der Waals surface area (Å²) in [5.74, 6) is -0.302. The van der Waals surface area contributed by atoms with E-state index in [1.807, 2.05) is 16.3 Å². The Hall–Kier alpha value is -1.36. The van der Waals surface area contributed by atoms with Crippen LogP contribution >= 0.6 is 11.3 Å². The number of carbonyl (C=O) groups is 2. The molecule has 0 radical (unpaired) electrons. The monoisotopic (exact) mass is 281 g/mol. The van der Waals surface area contributed by atoms with Crippen molar-refractivity contribution in [2.45, 2.75) is 32.1 Å². The number of thiophene rings is 1. The standard InChI is InChI=1S/C14H19NO3S/c16-13(4-3-12-2-1-9-19-12)15-7-5-11(6-8-15)10-14(17)18/h1-2,9,11H,3-8,10H2,(H,17,18). The number of likely N-dealkylation sites (tertiary alicyclic amines) is 1. The lowest BCUT2D eigenvalue weighted by molar-refractivity contribution is -0.138. The van der Waals surface area contributed by atoms with Crippen LogP contribution in [0.5, 0.6) is 0 Å². The third-order valence-electron chi connectivity index (χ3n) is 3.60. The Labute approximate surface area is 117 Å². The molecule has 1 aromatic rings. The van der Waals surface area contributed by atoms with E-state index in [-0.39, 0.29) is 18.2 Å². The minimum atomic E-state index is -0.734. The average Bonchev–Trinajstić information content (AvgIpc) is 2.89. The van der Waals surface area contributed by atoms with Crippen LogP contribution in [0.3, 0.4) is 0 Å². The molecule has 1 fully saturated rings. The molecule has 1 aromatic heterocycles. The maximum absolute atomic E-state index is 12.0. The Morgan fingerprint density at radius 2 is 2.11 bits per heavy atom. The molecule has 0 saturated carbocycles. The largest absolute Gasteiger partial charge is 0.481 e. The molecule has 0 bridgehead atoms. The molecule has 1 aliphatic heterocycles. The van der Waals surface area contributed by atoms with Crippen molar-refractivity contribution in [2.24, 2.45) is 5.92 Å². The highest BCUT2D eigenvalue weighted by atomic mass is 32.1. The first-order valence-electron chi connectivity index (χ1n) is 6.67. The maximum Gasteiger partial charge on any atom is 0.303 e. The Bertz CT molecular complexity index is 422. The van der Waals surface area contributed by atoms with Crippen LogP contribution in [0, 0.1) is 5.92 Å². The summed E-state index contributed by atoms with van der Waals surface area (Å²) in [6.07, 6.45) is 3.24. The number of nitrogens with zero attached hydrogens (tertiary/aromatic N) is 1. The van der Waals surface area contributed by atoms with Crippen LogP contribution in [-0.4, -0.2) is 35.0 Å². The number of amides is 1. The molecule has 4 nitrogen and oxygen atoms in total. The van der Waals surface area contributed by atoms with Gasteiger partial charge < -0.3 is 10.0 Å². The van der Waals surface area contributed by atoms with E-state index in [0.29, 0.717) is 19.5 Å². The van der Waals surface area contributed by atoms with Gasteiger partial charge in [0.2, 0.25) is 5.91 Å². The summed E-state index contributed by atoms with van der Waals surface area (Å²) in [5, 5.41) is 10.8. The normalized spacial score (nSPS) is 16.5. The Morgan fingerprint density at radius 1 is 1.37 bits per heavy atom. The van der Waals surface area contributed by atoms with Crippen LogP contribution in [0.4, 0.5) is 0 Å². The fraction of sp³-hybridized carbons (Fsp3) is 0.571. The van der Waals surface area contributed by atoms with Gasteiger partial charge in [-0.3, -0.25) is 9.59 Å². The quantitative estimate of drug-likeness (QED) is 0.901. The molecule has 1 saturated heterocycles. The van der Waals surface area contributed by atoms with E-state index in [2.05, 4.69) is 6.07 Å². The number of rotatable bonds is 5. The van der Waals surface area contributed by atoms with Crippen molar-refractivity contribution in [3.05, 3.63) is 22.4 Å². The minimum Gasteiger partial charge on any atom is -0.481 e. The smallest absolute Gasteiger partial charge is 0.303 e. The zero-order chi connectivity index (χ0) is 13.7. The van der Waals surface area contributed by atoms with Gasteiger partial charge >= 0.3 is 5.97 Å². The van der Waals surface area contributed by atoms with Crippen LogP contribution in [0.1, 0.15) is 30.6 Å². The third-order valence-corrected chi connectivity index (χ3v) is 4.53. The topological polar surface area (TPSA) is 57.6 Å². The molecular weight excluding hydrogens is 262 g/mol. The number of aryl methyl sites for hydroxylation is 1. The van der Waals surface area contributed by atoms with E-state index in [0.717, 1.165) is 19.3 Å². The number of carboxylic acid groups (broad SMARTS) is 1. The number of hydrogen-bond donors (Lipinski definition) is 1. The lowest BCUT2D eigenvalue weighted by Gasteiger charge is -2.31. The van der Waals surface area contributed by atoms with E-state index in [9.17, 15) is 9.59 Å². The predicted octanol–water partition coefficient (Wildman–Crippen LogP) is 2.39. The van der Waals surface area contributed by atoms with Gasteiger partial charge in [0.1, 0.15) is 0 Å². The SMILES string of the molecule is O=C(O)CC1CCN(C(=O)CCc2cccs2)CC1. The minimum absolute atomic E-state index is 0.196. The molecule has 1 aliphatic rings. The Balaban J connectivity index is 1.71. The zero-order valence-electron chi connectivity index (χ0n) is 10.9. The van der Waals surface area contributed by atoms with Gasteiger partial charge in [0.05, 0.1) is 0 Å². The molecule has 2 rings (SSSR count). The molecule has 0 aromatic carbocycles. The second-order valence-electron chi connectivity index (χ2n) is 5.00. The first kappa shape index (κ1) is 14.1. The number of aliphatic carboxylic acids is 1. The highest BCUT2D eigenvalue weighted by Crippen LogP contribution is 2.21. The van der Waals surface area contributed by atoms with Crippen LogP contribution in [-0.2, 0) is 16.0 Å². The van der Waals surface area contributed by atoms with Gasteiger partial charge in [-0.15, -0.1) is 11.3 Å². The summed E-state index contributed by atoms with van der Waals surface area (Å²) >= 11 is 1.68. The van der Waals surface area contributed by atoms with Crippen molar-refractivity contribution >= 4 is 23.2 Å². The predicted molar refractivity (Wildman–Crippen MR) is 74.2 cm³/mol. The third kappa shape index (κ3) is 4.35. The van der Waals surface area contributed by atoms with E-state index in [4.69, 9.17) is 5.11 Å². The number of carbonyl (C=O) groups excluding carboxylic acids is 1. The summed E-state index contributed by atoms with van der Waals surface area (Å²) in [6.45, 7) is 1.42. The Morgan fingerprint density at radius 3 is 2.68 bits per heavy atom. The number of piperidine rings is 1. The first-order valence-corrected chi connectivity index (χ1v) is 7.55. The van der Waals surface area contributed by atoms with Crippen LogP contribution in [0.25, 0.3) is 0 Å². The second-order valence-corrected chi connectivity index (χ2v) is 6.03. The molecule has 1 amide bonds. The molecule has 5 heteroatoms. The number of carboxylic acids is 1. The van der Waals surface area contributed by atoms with E-state index in [1.165, 1.54) is 4.88 Å². The highest BCUT2D eigenvalue weighted by Gasteiger charge is 2.23. The van der Waals surface area contributed by atoms with Gasteiger partial charge in [-0.1, -0.05) is 6.07 Å². The lowest BCUT2D eigenvalue weighted by atomic mass is 9.93. The van der Waals surface area contributed by atoms with E-state index < -0.39 is 5.97 Å². The first-order chi connectivity index (χ1) is 9.15. The van der Waals surface area contributed by atoms with Gasteiger partial charge in [0.15, 0.2) is 0 Å². The average molecular weight is 281 g/mol. The maximum atomic E-state index is 12.0. The van der Waals surface area contributed by atoms with E-state index in [1.54, 1.807) is 11.3 Å². The molecule has 2 heterocycles. The summed E-state index contributed by atoms with van der Waals surface area (Å²) in [5.41, 5.74) is 0. The molecule has 0 unspecified atom stereocenters. The highest BCUT2D eigenvalue weighted by molar-refractivity contribution is 7.09. The molecule has 0 atom stereocenters. The molecule has 0 spiro atoms. The molecule has 19 heavy (non-hydrogen) atoms. The molecule has 0 aliphatic carbocycles. The van der Waals surface area contributed by atoms with Crippen LogP contribution < -0.4 is 0 Å². The van der Waals surface area contributed by atoms with Crippen molar-refractivity contribution in [2.75, 3.05) is 13.1 Å². The van der Waals surface area contributed by atoms with Crippen molar-refractivity contribution in [1.82, 2.24) is 4.90 Å². The second kappa shape index (κ2) is 6.70. The van der Waals surface area contributed by atoms with Crippen molar-refractivity contribution in [3.63, 3.8) is 0 Å². The van der Waals surface area contributed by atoms with Crippen molar-refractivity contribution < 1.29 is 14.7 Å². The van der Waals surface area contributed by atoms with Crippen LogP contribution in [0.15, 0.2) is 17.5 Å². The van der Waals surface area contributed by atoms with Crippen LogP contribution in [0.2, 0.25) is 0 Å². The molecule has 1 N–H and O–H groups in total. The van der Waals surface area contributed by atoms with Gasteiger partial charge in [-0.2, -0.15) is 0 Å². The summed E-state index contributed by atoms with van der Waals surface area (Å²) in [6, 6.07) is 4.05. The Kier molecular flexibility index (Phi) is 4.96. The van der Waals surface area contributed by atoms with Gasteiger partial charge in [0, 0.05) is 30.8 Å². The van der Waals surface area contributed by atoms with Crippen molar-refractivity contribution in [1.29, 1.82) is 0 Å². The summed E-state index contributed by atoms with van der Waals surface area (Å²) in [4.78, 5) is 25.8. The fourth-order valence-electron chi connectivity index (χ4n) is 2.48. The fourth-order valence-corrected chi connectivity index (χ4v) is 3.19. The lowest BCUT2D eigenvalue weighted by Crippen LogP contribution is -2.39. The van der Waals surface area contributed by atoms with Crippen molar-refractivity contribution in [3.8, 4) is 0 Å². The zero-order valence-corrected chi connectivity index (χ0v) is 11.7. The van der Waals surface area contributed by atoms with Gasteiger partial charge in [0.25, 0.3) is 0 Å². The molecule has 104 valence electrons. The summed E-state index contributed by atoms with van der Waals surface area (Å²) < 4.78 is 0. The van der Waals surface area contributed by atoms with Gasteiger partial charge in [-0.05, 0) is 36.6 Å².